The van der Waals surface area contributed by atoms with Crippen molar-refractivity contribution in [2.45, 2.75) is 64.2 Å². The topological polar surface area (TPSA) is 130 Å². The molecule has 0 saturated carbocycles. The minimum Gasteiger partial charge on any atom is -0.462 e. The normalized spacial score (nSPS) is 34.5. The molecule has 2 aliphatic rings. The second-order valence-corrected chi connectivity index (χ2v) is 5.75. The van der Waals surface area contributed by atoms with Gasteiger partial charge in [0.25, 0.3) is 5.79 Å². The van der Waals surface area contributed by atoms with Crippen LogP contribution < -0.4 is 0 Å². The third kappa shape index (κ3) is 4.45. The van der Waals surface area contributed by atoms with E-state index in [0.717, 1.165) is 0 Å². The largest absolute Gasteiger partial charge is 0.462 e. The first-order chi connectivity index (χ1) is 11.6. The standard InChI is InChI=1S/C15H19NO9/c1-7(17)20-5-10(21-8(2)18)11-12(22-9(3)19)13-14(23-11)25-15(4,6-16)24-13/h10-14H,5H2,1-4H3/t10?,11-,12-,13+,14+,15-/m0/s1. The summed E-state index contributed by atoms with van der Waals surface area (Å²) in [4.78, 5) is 33.8. The SMILES string of the molecule is CC(=O)OCC(OC(C)=O)[C@@H]1O[C@@H]2O[C@@](C)(C#N)O[C@@H]2[C@H]1OC(C)=O. The first-order valence-corrected chi connectivity index (χ1v) is 7.55. The van der Waals surface area contributed by atoms with E-state index in [4.69, 9.17) is 33.7 Å². The second-order valence-electron chi connectivity index (χ2n) is 5.75. The number of esters is 3. The Hall–Kier alpha value is -2.22. The van der Waals surface area contributed by atoms with Crippen molar-refractivity contribution in [1.29, 1.82) is 5.26 Å². The Morgan fingerprint density at radius 3 is 2.36 bits per heavy atom. The number of hydrogen-bond acceptors (Lipinski definition) is 10. The van der Waals surface area contributed by atoms with Gasteiger partial charge in [-0.2, -0.15) is 5.26 Å². The minimum atomic E-state index is -1.55. The molecular formula is C15H19NO9. The first kappa shape index (κ1) is 19.1. The number of ether oxygens (including phenoxy) is 6. The molecule has 2 saturated heterocycles. The van der Waals surface area contributed by atoms with Crippen LogP contribution in [0.4, 0.5) is 0 Å². The molecule has 0 aromatic carbocycles. The van der Waals surface area contributed by atoms with Crippen LogP contribution in [0.3, 0.4) is 0 Å². The molecule has 1 unspecified atom stereocenters. The lowest BCUT2D eigenvalue weighted by Crippen LogP contribution is -2.47. The second kappa shape index (κ2) is 7.35. The van der Waals surface area contributed by atoms with Gasteiger partial charge in [-0.05, 0) is 0 Å². The summed E-state index contributed by atoms with van der Waals surface area (Å²) in [5, 5.41) is 9.10. The van der Waals surface area contributed by atoms with Crippen molar-refractivity contribution in [3.05, 3.63) is 0 Å². The summed E-state index contributed by atoms with van der Waals surface area (Å²) in [5.74, 6) is -3.39. The highest BCUT2D eigenvalue weighted by Gasteiger charge is 2.60. The molecule has 2 rings (SSSR count). The van der Waals surface area contributed by atoms with Gasteiger partial charge in [0.2, 0.25) is 0 Å². The van der Waals surface area contributed by atoms with E-state index in [9.17, 15) is 14.4 Å². The van der Waals surface area contributed by atoms with Gasteiger partial charge in [0.15, 0.2) is 24.6 Å². The molecule has 0 aliphatic carbocycles. The van der Waals surface area contributed by atoms with Gasteiger partial charge in [0.05, 0.1) is 0 Å². The highest BCUT2D eigenvalue weighted by Crippen LogP contribution is 2.40. The number of carbonyl (C=O) groups excluding carboxylic acids is 3. The van der Waals surface area contributed by atoms with Crippen LogP contribution in [-0.4, -0.2) is 61.0 Å². The Bertz CT molecular complexity index is 600. The Balaban J connectivity index is 2.22. The third-order valence-electron chi connectivity index (χ3n) is 3.55. The molecule has 0 aromatic rings. The van der Waals surface area contributed by atoms with Crippen molar-refractivity contribution in [3.63, 3.8) is 0 Å². The van der Waals surface area contributed by atoms with E-state index in [1.807, 2.05) is 6.07 Å². The van der Waals surface area contributed by atoms with Crippen LogP contribution in [0, 0.1) is 11.3 Å². The summed E-state index contributed by atoms with van der Waals surface area (Å²) >= 11 is 0. The van der Waals surface area contributed by atoms with Crippen LogP contribution in [0.5, 0.6) is 0 Å². The molecule has 10 heteroatoms. The van der Waals surface area contributed by atoms with Gasteiger partial charge in [0.1, 0.15) is 18.8 Å². The highest BCUT2D eigenvalue weighted by atomic mass is 16.8. The quantitative estimate of drug-likeness (QED) is 0.481. The number of nitriles is 1. The number of hydrogen-bond donors (Lipinski definition) is 0. The lowest BCUT2D eigenvalue weighted by molar-refractivity contribution is -0.222. The third-order valence-corrected chi connectivity index (χ3v) is 3.55. The van der Waals surface area contributed by atoms with Crippen LogP contribution in [-0.2, 0) is 42.8 Å². The molecule has 0 amide bonds. The van der Waals surface area contributed by atoms with Gasteiger partial charge < -0.3 is 28.4 Å². The Morgan fingerprint density at radius 1 is 1.16 bits per heavy atom. The van der Waals surface area contributed by atoms with Crippen molar-refractivity contribution in [1.82, 2.24) is 0 Å². The van der Waals surface area contributed by atoms with Gasteiger partial charge in [-0.15, -0.1) is 0 Å². The molecule has 0 N–H and O–H groups in total. The number of rotatable bonds is 5. The van der Waals surface area contributed by atoms with E-state index >= 15 is 0 Å². The number of carbonyl (C=O) groups is 3. The van der Waals surface area contributed by atoms with Crippen LogP contribution in [0.1, 0.15) is 27.7 Å². The molecule has 2 aliphatic heterocycles. The predicted octanol–water partition coefficient (Wildman–Crippen LogP) is -0.207. The van der Waals surface area contributed by atoms with E-state index in [0.29, 0.717) is 0 Å². The summed E-state index contributed by atoms with van der Waals surface area (Å²) in [6.45, 7) is 4.67. The smallest absolute Gasteiger partial charge is 0.303 e. The van der Waals surface area contributed by atoms with Crippen molar-refractivity contribution < 1.29 is 42.8 Å². The molecule has 0 aromatic heterocycles. The highest BCUT2D eigenvalue weighted by molar-refractivity contribution is 5.67. The molecule has 0 radical (unpaired) electrons. The maximum absolute atomic E-state index is 11.4. The number of fused-ring (bicyclic) bond motifs is 1. The lowest BCUT2D eigenvalue weighted by Gasteiger charge is -2.29. The zero-order chi connectivity index (χ0) is 18.8. The Kier molecular flexibility index (Phi) is 5.62. The maximum Gasteiger partial charge on any atom is 0.303 e. The van der Waals surface area contributed by atoms with Crippen LogP contribution >= 0.6 is 0 Å². The fraction of sp³-hybridized carbons (Fsp3) is 0.733. The maximum atomic E-state index is 11.4. The molecule has 2 fully saturated rings. The summed E-state index contributed by atoms with van der Waals surface area (Å²) in [6, 6.07) is 1.84. The molecule has 138 valence electrons. The predicted molar refractivity (Wildman–Crippen MR) is 76.4 cm³/mol. The summed E-state index contributed by atoms with van der Waals surface area (Å²) in [6.07, 6.45) is -4.96. The average Bonchev–Trinajstić information content (AvgIpc) is 2.98. The summed E-state index contributed by atoms with van der Waals surface area (Å²) in [7, 11) is 0. The van der Waals surface area contributed by atoms with E-state index in [2.05, 4.69) is 0 Å². The zero-order valence-corrected chi connectivity index (χ0v) is 14.2. The molecule has 25 heavy (non-hydrogen) atoms. The molecular weight excluding hydrogens is 338 g/mol. The van der Waals surface area contributed by atoms with Gasteiger partial charge in [-0.1, -0.05) is 0 Å². The van der Waals surface area contributed by atoms with E-state index in [1.165, 1.54) is 27.7 Å². The van der Waals surface area contributed by atoms with Gasteiger partial charge in [-0.25, -0.2) is 0 Å². The summed E-state index contributed by atoms with van der Waals surface area (Å²) in [5.41, 5.74) is 0. The van der Waals surface area contributed by atoms with Gasteiger partial charge in [0, 0.05) is 27.7 Å². The average molecular weight is 357 g/mol. The van der Waals surface area contributed by atoms with Crippen molar-refractivity contribution in [2.75, 3.05) is 6.61 Å². The van der Waals surface area contributed by atoms with E-state index < -0.39 is 54.4 Å². The van der Waals surface area contributed by atoms with Crippen LogP contribution in [0.15, 0.2) is 0 Å². The van der Waals surface area contributed by atoms with Crippen molar-refractivity contribution >= 4 is 17.9 Å². The van der Waals surface area contributed by atoms with Crippen molar-refractivity contribution in [2.24, 2.45) is 0 Å². The molecule has 10 nitrogen and oxygen atoms in total. The van der Waals surface area contributed by atoms with E-state index in [-0.39, 0.29) is 6.61 Å². The van der Waals surface area contributed by atoms with Gasteiger partial charge >= 0.3 is 17.9 Å². The summed E-state index contributed by atoms with van der Waals surface area (Å²) < 4.78 is 31.8. The van der Waals surface area contributed by atoms with Crippen LogP contribution in [0.25, 0.3) is 0 Å². The molecule has 2 heterocycles. The monoisotopic (exact) mass is 357 g/mol. The molecule has 0 bridgehead atoms. The zero-order valence-electron chi connectivity index (χ0n) is 14.2. The molecule has 0 spiro atoms. The Labute approximate surface area is 143 Å². The minimum absolute atomic E-state index is 0.299. The number of nitrogens with zero attached hydrogens (tertiary/aromatic N) is 1. The van der Waals surface area contributed by atoms with E-state index in [1.54, 1.807) is 0 Å². The molecule has 6 atom stereocenters. The van der Waals surface area contributed by atoms with Crippen molar-refractivity contribution in [3.8, 4) is 6.07 Å². The van der Waals surface area contributed by atoms with Crippen LogP contribution in [0.2, 0.25) is 0 Å². The lowest BCUT2D eigenvalue weighted by atomic mass is 10.1. The fourth-order valence-electron chi connectivity index (χ4n) is 2.66. The first-order valence-electron chi connectivity index (χ1n) is 7.55. The van der Waals surface area contributed by atoms with Gasteiger partial charge in [-0.3, -0.25) is 14.4 Å². The Morgan fingerprint density at radius 2 is 1.84 bits per heavy atom. The fourth-order valence-corrected chi connectivity index (χ4v) is 2.66.